The molecular weight excluding hydrogens is 287 g/mol. The second-order valence-electron chi connectivity index (χ2n) is 4.20. The zero-order valence-electron chi connectivity index (χ0n) is 9.30. The monoisotopic (exact) mass is 300 g/mol. The fraction of sp³-hybridized carbons (Fsp3) is 0.417. The third kappa shape index (κ3) is 3.43. The van der Waals surface area contributed by atoms with Crippen molar-refractivity contribution < 1.29 is 9.18 Å². The summed E-state index contributed by atoms with van der Waals surface area (Å²) in [6.45, 7) is 0. The van der Waals surface area contributed by atoms with E-state index in [0.29, 0.717) is 4.47 Å². The highest BCUT2D eigenvalue weighted by Crippen LogP contribution is 2.20. The molecule has 2 rings (SSSR count). The molecule has 0 aliphatic heterocycles. The Bertz CT molecular complexity index is 419. The van der Waals surface area contributed by atoms with Crippen LogP contribution in [-0.4, -0.2) is 12.1 Å². The minimum Gasteiger partial charge on any atom is -0.335 e. The number of anilines is 1. The van der Waals surface area contributed by atoms with Gasteiger partial charge in [0.2, 0.25) is 0 Å². The zero-order valence-corrected chi connectivity index (χ0v) is 10.9. The summed E-state index contributed by atoms with van der Waals surface area (Å²) >= 11 is 3.17. The summed E-state index contributed by atoms with van der Waals surface area (Å²) in [7, 11) is 0. The molecule has 2 N–H and O–H groups in total. The maximum absolute atomic E-state index is 13.5. The first kappa shape index (κ1) is 12.4. The number of urea groups is 1. The number of benzene rings is 1. The van der Waals surface area contributed by atoms with Crippen LogP contribution in [0, 0.1) is 5.82 Å². The van der Waals surface area contributed by atoms with E-state index in [4.69, 9.17) is 0 Å². The van der Waals surface area contributed by atoms with E-state index in [2.05, 4.69) is 26.6 Å². The van der Waals surface area contributed by atoms with E-state index < -0.39 is 5.82 Å². The molecule has 5 heteroatoms. The summed E-state index contributed by atoms with van der Waals surface area (Å²) < 4.78 is 14.1. The Labute approximate surface area is 108 Å². The molecule has 0 unspecified atom stereocenters. The predicted molar refractivity (Wildman–Crippen MR) is 68.5 cm³/mol. The highest BCUT2D eigenvalue weighted by Gasteiger charge is 2.17. The van der Waals surface area contributed by atoms with Gasteiger partial charge in [0, 0.05) is 10.5 Å². The van der Waals surface area contributed by atoms with Crippen LogP contribution in [0.25, 0.3) is 0 Å². The molecule has 92 valence electrons. The van der Waals surface area contributed by atoms with Crippen molar-refractivity contribution in [2.75, 3.05) is 5.32 Å². The van der Waals surface area contributed by atoms with Crippen LogP contribution < -0.4 is 10.6 Å². The molecule has 3 nitrogen and oxygen atoms in total. The number of hydrogen-bond donors (Lipinski definition) is 2. The normalized spacial score (nSPS) is 15.9. The van der Waals surface area contributed by atoms with E-state index >= 15 is 0 Å². The Morgan fingerprint density at radius 1 is 1.35 bits per heavy atom. The molecule has 1 fully saturated rings. The van der Waals surface area contributed by atoms with Gasteiger partial charge in [0.1, 0.15) is 5.82 Å². The quantitative estimate of drug-likeness (QED) is 0.860. The number of hydrogen-bond acceptors (Lipinski definition) is 1. The number of halogens is 2. The summed E-state index contributed by atoms with van der Waals surface area (Å²) in [6, 6.07) is 4.44. The third-order valence-corrected chi connectivity index (χ3v) is 3.36. The Morgan fingerprint density at radius 3 is 2.71 bits per heavy atom. The molecule has 1 saturated carbocycles. The standard InChI is InChI=1S/C12H14BrFN2O/c13-8-5-6-11(10(14)7-8)16-12(17)15-9-3-1-2-4-9/h5-7,9H,1-4H2,(H2,15,16,17). The van der Waals surface area contributed by atoms with Crippen molar-refractivity contribution in [1.29, 1.82) is 0 Å². The molecule has 1 aliphatic carbocycles. The molecule has 1 aliphatic rings. The lowest BCUT2D eigenvalue weighted by atomic mass is 10.2. The largest absolute Gasteiger partial charge is 0.335 e. The van der Waals surface area contributed by atoms with Gasteiger partial charge < -0.3 is 10.6 Å². The number of nitrogens with one attached hydrogen (secondary N) is 2. The van der Waals surface area contributed by atoms with Crippen LogP contribution >= 0.6 is 15.9 Å². The van der Waals surface area contributed by atoms with E-state index in [-0.39, 0.29) is 17.8 Å². The van der Waals surface area contributed by atoms with Crippen molar-refractivity contribution in [3.63, 3.8) is 0 Å². The number of amides is 2. The maximum atomic E-state index is 13.5. The molecular formula is C12H14BrFN2O. The van der Waals surface area contributed by atoms with E-state index in [1.807, 2.05) is 0 Å². The summed E-state index contributed by atoms with van der Waals surface area (Å²) in [5.41, 5.74) is 0.198. The molecule has 1 aromatic rings. The van der Waals surface area contributed by atoms with Gasteiger partial charge in [-0.2, -0.15) is 0 Å². The Morgan fingerprint density at radius 2 is 2.06 bits per heavy atom. The van der Waals surface area contributed by atoms with Crippen molar-refractivity contribution in [3.8, 4) is 0 Å². The lowest BCUT2D eigenvalue weighted by Crippen LogP contribution is -2.36. The second-order valence-corrected chi connectivity index (χ2v) is 5.12. The van der Waals surface area contributed by atoms with Crippen LogP contribution in [0.3, 0.4) is 0 Å². The van der Waals surface area contributed by atoms with Crippen molar-refractivity contribution in [1.82, 2.24) is 5.32 Å². The van der Waals surface area contributed by atoms with Crippen molar-refractivity contribution in [2.24, 2.45) is 0 Å². The number of rotatable bonds is 2. The highest BCUT2D eigenvalue weighted by molar-refractivity contribution is 9.10. The van der Waals surface area contributed by atoms with Crippen LogP contribution in [0.1, 0.15) is 25.7 Å². The van der Waals surface area contributed by atoms with Crippen LogP contribution in [-0.2, 0) is 0 Å². The SMILES string of the molecule is O=C(Nc1ccc(Br)cc1F)NC1CCCC1. The highest BCUT2D eigenvalue weighted by atomic mass is 79.9. The third-order valence-electron chi connectivity index (χ3n) is 2.87. The van der Waals surface area contributed by atoms with Crippen molar-refractivity contribution in [2.45, 2.75) is 31.7 Å². The van der Waals surface area contributed by atoms with Crippen LogP contribution in [0.15, 0.2) is 22.7 Å². The lowest BCUT2D eigenvalue weighted by molar-refractivity contribution is 0.248. The molecule has 0 bridgehead atoms. The molecule has 0 aromatic heterocycles. The van der Waals surface area contributed by atoms with Gasteiger partial charge in [-0.15, -0.1) is 0 Å². The van der Waals surface area contributed by atoms with Crippen LogP contribution in [0.4, 0.5) is 14.9 Å². The van der Waals surface area contributed by atoms with Gasteiger partial charge in [-0.3, -0.25) is 0 Å². The molecule has 0 heterocycles. The minimum atomic E-state index is -0.444. The van der Waals surface area contributed by atoms with Gasteiger partial charge in [0.05, 0.1) is 5.69 Å². The Balaban J connectivity index is 1.93. The van der Waals surface area contributed by atoms with Crippen LogP contribution in [0.2, 0.25) is 0 Å². The summed E-state index contributed by atoms with van der Waals surface area (Å²) in [5, 5.41) is 5.36. The van der Waals surface area contributed by atoms with Gasteiger partial charge in [-0.1, -0.05) is 28.8 Å². The molecule has 0 atom stereocenters. The molecule has 0 radical (unpaired) electrons. The topological polar surface area (TPSA) is 41.1 Å². The smallest absolute Gasteiger partial charge is 0.319 e. The molecule has 17 heavy (non-hydrogen) atoms. The molecule has 1 aromatic carbocycles. The van der Waals surface area contributed by atoms with E-state index in [0.717, 1.165) is 25.7 Å². The summed E-state index contributed by atoms with van der Waals surface area (Å²) in [4.78, 5) is 11.6. The van der Waals surface area contributed by atoms with E-state index in [9.17, 15) is 9.18 Å². The van der Waals surface area contributed by atoms with E-state index in [1.165, 1.54) is 12.1 Å². The fourth-order valence-electron chi connectivity index (χ4n) is 2.00. The average molecular weight is 301 g/mol. The lowest BCUT2D eigenvalue weighted by Gasteiger charge is -2.13. The minimum absolute atomic E-state index is 0.198. The van der Waals surface area contributed by atoms with Gasteiger partial charge in [-0.05, 0) is 31.0 Å². The average Bonchev–Trinajstić information content (AvgIpc) is 2.75. The maximum Gasteiger partial charge on any atom is 0.319 e. The fourth-order valence-corrected chi connectivity index (χ4v) is 2.34. The van der Waals surface area contributed by atoms with Crippen LogP contribution in [0.5, 0.6) is 0 Å². The first-order valence-corrected chi connectivity index (χ1v) is 6.47. The van der Waals surface area contributed by atoms with E-state index in [1.54, 1.807) is 6.07 Å². The van der Waals surface area contributed by atoms with Gasteiger partial charge in [0.15, 0.2) is 0 Å². The van der Waals surface area contributed by atoms with Gasteiger partial charge in [-0.25, -0.2) is 9.18 Å². The zero-order chi connectivity index (χ0) is 12.3. The summed E-state index contributed by atoms with van der Waals surface area (Å²) in [5.74, 6) is -0.444. The van der Waals surface area contributed by atoms with Crippen molar-refractivity contribution in [3.05, 3.63) is 28.5 Å². The molecule has 2 amide bonds. The second kappa shape index (κ2) is 5.49. The summed E-state index contributed by atoms with van der Waals surface area (Å²) in [6.07, 6.45) is 4.32. The Hall–Kier alpha value is -1.10. The van der Waals surface area contributed by atoms with Crippen molar-refractivity contribution >= 4 is 27.6 Å². The van der Waals surface area contributed by atoms with Gasteiger partial charge in [0.25, 0.3) is 0 Å². The number of carbonyl (C=O) groups is 1. The van der Waals surface area contributed by atoms with Gasteiger partial charge >= 0.3 is 6.03 Å². The first-order valence-electron chi connectivity index (χ1n) is 5.68. The Kier molecular flexibility index (Phi) is 3.99. The molecule has 0 saturated heterocycles. The molecule has 0 spiro atoms. The first-order chi connectivity index (χ1) is 8.15. The number of carbonyl (C=O) groups excluding carboxylic acids is 1. The predicted octanol–water partition coefficient (Wildman–Crippen LogP) is 3.65.